The van der Waals surface area contributed by atoms with Gasteiger partial charge in [-0.2, -0.15) is 13.2 Å². The number of carbonyl (C=O) groups is 14. The van der Waals surface area contributed by atoms with Crippen molar-refractivity contribution >= 4 is 94.6 Å². The summed E-state index contributed by atoms with van der Waals surface area (Å²) in [7, 11) is 4.02. The van der Waals surface area contributed by atoms with E-state index < -0.39 is 184 Å². The number of aromatic carboxylic acids is 2. The van der Waals surface area contributed by atoms with E-state index in [1.165, 1.54) is 78.4 Å². The number of esters is 6. The highest BCUT2D eigenvalue weighted by Gasteiger charge is 2.53. The molecule has 3 fully saturated rings. The number of carbonyl (C=O) groups excluding carboxylic acids is 12. The molecule has 5 rings (SSSR count). The van der Waals surface area contributed by atoms with Gasteiger partial charge in [-0.15, -0.1) is 0 Å². The molecule has 5 N–H and O–H groups in total. The number of nitro benzene ring substituents is 2. The first-order valence-electron chi connectivity index (χ1n) is 42.9. The molecule has 3 aliphatic rings. The van der Waals surface area contributed by atoms with Crippen LogP contribution in [0.4, 0.5) is 24.5 Å². The van der Waals surface area contributed by atoms with E-state index in [0.717, 1.165) is 45.2 Å². The molecular formula is C84H125F3N8O41. The van der Waals surface area contributed by atoms with Gasteiger partial charge in [-0.1, -0.05) is 20.8 Å². The zero-order valence-electron chi connectivity index (χ0n) is 78.4. The minimum atomic E-state index is -4.90. The van der Waals surface area contributed by atoms with Gasteiger partial charge < -0.3 is 140 Å². The summed E-state index contributed by atoms with van der Waals surface area (Å²) in [6, 6.07) is 3.47. The van der Waals surface area contributed by atoms with E-state index in [1.54, 1.807) is 6.92 Å². The van der Waals surface area contributed by atoms with Gasteiger partial charge in [0.15, 0.2) is 31.1 Å². The second kappa shape index (κ2) is 63.4. The highest BCUT2D eigenvalue weighted by molar-refractivity contribution is 6.07. The summed E-state index contributed by atoms with van der Waals surface area (Å²) in [5.41, 5.74) is -2.15. The van der Waals surface area contributed by atoms with Crippen LogP contribution in [-0.2, 0) is 147 Å². The van der Waals surface area contributed by atoms with Gasteiger partial charge in [0, 0.05) is 139 Å². The van der Waals surface area contributed by atoms with Crippen LogP contribution in [-0.4, -0.2) is 397 Å². The molecule has 6 amide bonds. The third-order valence-corrected chi connectivity index (χ3v) is 19.5. The number of ether oxygens (including phenoxy) is 21. The summed E-state index contributed by atoms with van der Waals surface area (Å²) in [6.07, 6.45) is -13.4. The first-order valence-corrected chi connectivity index (χ1v) is 42.9. The fourth-order valence-corrected chi connectivity index (χ4v) is 13.1. The number of nitro groups is 2. The first-order chi connectivity index (χ1) is 64.2. The minimum Gasteiger partial charge on any atom is -0.478 e. The van der Waals surface area contributed by atoms with Crippen molar-refractivity contribution in [1.82, 2.24) is 30.7 Å². The number of carboxylic acids is 2. The van der Waals surface area contributed by atoms with Crippen molar-refractivity contribution in [2.75, 3.05) is 193 Å². The molecule has 3 heterocycles. The molecule has 3 unspecified atom stereocenters. The Bertz CT molecular complexity index is 4170. The fourth-order valence-electron chi connectivity index (χ4n) is 13.1. The fraction of sp³-hybridized carbons (Fsp3) is 0.690. The van der Waals surface area contributed by atoms with Crippen LogP contribution >= 0.6 is 0 Å². The van der Waals surface area contributed by atoms with Gasteiger partial charge in [-0.25, -0.2) is 9.59 Å². The molecule has 0 saturated carbocycles. The largest absolute Gasteiger partial charge is 0.478 e. The molecule has 2 aromatic carbocycles. The number of rotatable bonds is 57. The van der Waals surface area contributed by atoms with Crippen LogP contribution in [0, 0.1) is 32.1 Å². The predicted molar refractivity (Wildman–Crippen MR) is 456 cm³/mol. The average Bonchev–Trinajstić information content (AvgIpc) is 0.731. The zero-order valence-corrected chi connectivity index (χ0v) is 78.4. The zero-order chi connectivity index (χ0) is 102. The molecule has 15 atom stereocenters. The van der Waals surface area contributed by atoms with Crippen molar-refractivity contribution in [2.45, 2.75) is 175 Å². The third-order valence-electron chi connectivity index (χ3n) is 19.5. The van der Waals surface area contributed by atoms with E-state index in [1.807, 2.05) is 13.8 Å². The SMILES string of the molecule is CC(=O)N[C@H]1C(OCCOCCOCCOCCN(C)C(=O)c2ccc([N+](=O)[O-])cc2C(=O)N(C)CCOCCOCCOCCOC2O[C@H](COC(C)=O)[C@H](OC(C)=O)[C@H](OC(C)=O)[C@H]2NC(C)=O)O[C@H](COC(C)=O)[C@H](OC(C)=O)[C@@H]1C.CC[C@H]1OC(OCCOCCOCCOCCN(C)C(=O)C(F)(F)F)[C@H](NC(C)=O)[C@@H](OC(C)=O)[C@H]1C.O=C(O)c1ccc([N+](=O)[O-])cc1C(=O)O. The van der Waals surface area contributed by atoms with Gasteiger partial charge in [-0.3, -0.25) is 77.8 Å². The predicted octanol–water partition coefficient (Wildman–Crippen LogP) is 2.16. The quantitative estimate of drug-likeness (QED) is 0.0208. The van der Waals surface area contributed by atoms with Gasteiger partial charge in [0.25, 0.3) is 23.2 Å². The van der Waals surface area contributed by atoms with Gasteiger partial charge in [0.05, 0.1) is 183 Å². The third kappa shape index (κ3) is 44.9. The topological polar surface area (TPSA) is 605 Å². The highest BCUT2D eigenvalue weighted by Crippen LogP contribution is 2.34. The molecule has 0 spiro atoms. The number of non-ortho nitro benzene ring substituents is 2. The van der Waals surface area contributed by atoms with E-state index >= 15 is 0 Å². The molecule has 136 heavy (non-hydrogen) atoms. The maximum atomic E-state index is 13.6. The smallest absolute Gasteiger partial charge is 0.471 e. The number of hydrogen-bond donors (Lipinski definition) is 5. The number of halogens is 3. The number of amides is 6. The Morgan fingerprint density at radius 1 is 0.382 bits per heavy atom. The van der Waals surface area contributed by atoms with Crippen molar-refractivity contribution in [3.63, 3.8) is 0 Å². The van der Waals surface area contributed by atoms with Crippen molar-refractivity contribution < 1.29 is 200 Å². The number of nitrogens with one attached hydrogen (secondary N) is 3. The van der Waals surface area contributed by atoms with Gasteiger partial charge in [0.1, 0.15) is 49.7 Å². The number of hydrogen-bond acceptors (Lipinski definition) is 39. The number of likely N-dealkylation sites (N-methyl/N-ethyl adjacent to an activating group) is 3. The van der Waals surface area contributed by atoms with E-state index in [9.17, 15) is 101 Å². The Balaban J connectivity index is 0.000000742. The second-order valence-corrected chi connectivity index (χ2v) is 30.2. The van der Waals surface area contributed by atoms with E-state index in [0.29, 0.717) is 17.4 Å². The Hall–Kier alpha value is -11.0. The van der Waals surface area contributed by atoms with Crippen LogP contribution in [0.1, 0.15) is 131 Å². The summed E-state index contributed by atoms with van der Waals surface area (Å²) >= 11 is 0. The Labute approximate surface area is 781 Å². The van der Waals surface area contributed by atoms with E-state index in [4.69, 9.17) is 110 Å². The van der Waals surface area contributed by atoms with Gasteiger partial charge in [0.2, 0.25) is 17.7 Å². The lowest BCUT2D eigenvalue weighted by molar-refractivity contribution is -0.385. The molecule has 0 radical (unpaired) electrons. The number of carboxylic acid groups (broad SMARTS) is 2. The van der Waals surface area contributed by atoms with Crippen LogP contribution in [0.25, 0.3) is 0 Å². The summed E-state index contributed by atoms with van der Waals surface area (Å²) < 4.78 is 154. The first kappa shape index (κ1) is 119. The molecule has 2 aromatic rings. The van der Waals surface area contributed by atoms with Crippen LogP contribution in [0.5, 0.6) is 0 Å². The van der Waals surface area contributed by atoms with Crippen LogP contribution in [0.15, 0.2) is 36.4 Å². The van der Waals surface area contributed by atoms with E-state index in [2.05, 4.69) is 16.0 Å². The molecule has 0 aliphatic carbocycles. The monoisotopic (exact) mass is 1960 g/mol. The van der Waals surface area contributed by atoms with Gasteiger partial charge >= 0.3 is 59.8 Å². The lowest BCUT2D eigenvalue weighted by Gasteiger charge is -2.44. The molecule has 768 valence electrons. The average molecular weight is 1960 g/mol. The Kier molecular flexibility index (Phi) is 55.6. The normalized spacial score (nSPS) is 21.1. The van der Waals surface area contributed by atoms with Crippen molar-refractivity contribution in [1.29, 1.82) is 0 Å². The molecule has 0 aromatic heterocycles. The molecule has 49 nitrogen and oxygen atoms in total. The molecule has 0 bridgehead atoms. The second-order valence-electron chi connectivity index (χ2n) is 30.2. The minimum absolute atomic E-state index is 0.0330. The maximum Gasteiger partial charge on any atom is 0.471 e. The van der Waals surface area contributed by atoms with Gasteiger partial charge in [-0.05, 0) is 18.6 Å². The lowest BCUT2D eigenvalue weighted by Crippen LogP contribution is -2.66. The Morgan fingerprint density at radius 3 is 1.04 bits per heavy atom. The summed E-state index contributed by atoms with van der Waals surface area (Å²) in [5.74, 6) is -11.6. The lowest BCUT2D eigenvalue weighted by atomic mass is 9.87. The summed E-state index contributed by atoms with van der Waals surface area (Å²) in [6.45, 7) is 19.1. The van der Waals surface area contributed by atoms with Crippen LogP contribution in [0.2, 0.25) is 0 Å². The molecule has 3 saturated heterocycles. The summed E-state index contributed by atoms with van der Waals surface area (Å²) in [4.78, 5) is 189. The maximum absolute atomic E-state index is 13.6. The number of benzene rings is 2. The molecule has 52 heteroatoms. The standard InChI is InChI=1S/C53H81N5O26.C23H39F3N2O9.C8H5NO6/c1-32-45(54-33(2)59)52(83-43(30-78-35(4)61)47(32)80-37(6)63)76-27-25-74-23-21-72-19-17-70-15-13-56(9)50(66)41-12-11-40(58(68)69)29-42(41)51(67)57(10)14-16-71-18-20-73-22-24-75-26-28-77-53-46(55-34(3)60)49(82-39(8)65)48(81-38(7)64)44(84-53)31-79-36(5)62;1-6-18-15(2)20(36-17(4)30)19(27-16(3)29)21(37-18)35-14-13-34-12-11-33-10-9-32-8-7-28(5)22(31)23(24,25)26;10-7(11)5-2-1-4(9(14)15)3-6(5)8(12)13/h11-12,29,32,43-49,52-53H,13-28,30-31H2,1-10H3,(H,54,59)(H,55,60);15,18-21H,6-14H2,1-5H3,(H,27,29);1-3H,(H,10,11)(H,12,13)/t32-,43-,44-,45-,46-,47-,48+,49-,52?,53?;15-,18+,19+,20-,21?;/m10./s1. The van der Waals surface area contributed by atoms with Crippen molar-refractivity contribution in [3.05, 3.63) is 78.9 Å². The van der Waals surface area contributed by atoms with Crippen LogP contribution < -0.4 is 16.0 Å². The number of alkyl halides is 3. The molecule has 3 aliphatic heterocycles. The Morgan fingerprint density at radius 2 is 0.684 bits per heavy atom. The number of nitrogens with zero attached hydrogens (tertiary/aromatic N) is 5. The van der Waals surface area contributed by atoms with E-state index in [-0.39, 0.29) is 212 Å². The van der Waals surface area contributed by atoms with Crippen molar-refractivity contribution in [3.8, 4) is 0 Å². The van der Waals surface area contributed by atoms with Crippen molar-refractivity contribution in [2.24, 2.45) is 11.8 Å². The highest BCUT2D eigenvalue weighted by atomic mass is 19.4. The summed E-state index contributed by atoms with van der Waals surface area (Å²) in [5, 5.41) is 47.4. The van der Waals surface area contributed by atoms with Crippen LogP contribution in [0.3, 0.4) is 0 Å². The molecular weight excluding hydrogens is 1830 g/mol.